The Hall–Kier alpha value is -2.59. The van der Waals surface area contributed by atoms with Gasteiger partial charge in [-0.2, -0.15) is 5.26 Å². The van der Waals surface area contributed by atoms with Gasteiger partial charge in [-0.15, -0.1) is 0 Å². The number of nitrogens with one attached hydrogen (secondary N) is 1. The molecule has 142 valence electrons. The molecule has 1 amide bonds. The van der Waals surface area contributed by atoms with Crippen LogP contribution in [0.4, 0.5) is 5.88 Å². The molecule has 1 aromatic carbocycles. The summed E-state index contributed by atoms with van der Waals surface area (Å²) in [6, 6.07) is 7.83. The number of rotatable bonds is 8. The highest BCUT2D eigenvalue weighted by molar-refractivity contribution is 9.10. The zero-order valence-corrected chi connectivity index (χ0v) is 17.1. The van der Waals surface area contributed by atoms with E-state index in [1.807, 2.05) is 24.3 Å². The van der Waals surface area contributed by atoms with E-state index in [0.29, 0.717) is 18.8 Å². The third-order valence-corrected chi connectivity index (χ3v) is 4.63. The molecule has 27 heavy (non-hydrogen) atoms. The lowest BCUT2D eigenvalue weighted by Gasteiger charge is -2.09. The number of furan rings is 1. The summed E-state index contributed by atoms with van der Waals surface area (Å²) in [6.07, 6.45) is 1.64. The molecule has 1 heterocycles. The maximum atomic E-state index is 12.1. The first-order chi connectivity index (χ1) is 12.9. The van der Waals surface area contributed by atoms with Gasteiger partial charge in [-0.05, 0) is 60.3 Å². The monoisotopic (exact) mass is 432 g/mol. The molecule has 7 heteroatoms. The van der Waals surface area contributed by atoms with E-state index in [1.54, 1.807) is 6.92 Å². The van der Waals surface area contributed by atoms with Gasteiger partial charge in [0.25, 0.3) is 0 Å². The molecule has 0 atom stereocenters. The van der Waals surface area contributed by atoms with Gasteiger partial charge in [0.2, 0.25) is 11.8 Å². The van der Waals surface area contributed by atoms with Crippen molar-refractivity contribution in [2.24, 2.45) is 0 Å². The quantitative estimate of drug-likeness (QED) is 0.478. The van der Waals surface area contributed by atoms with Gasteiger partial charge in [0.05, 0.1) is 16.6 Å². The topological polar surface area (TPSA) is 92.3 Å². The fourth-order valence-corrected chi connectivity index (χ4v) is 3.19. The number of benzene rings is 1. The van der Waals surface area contributed by atoms with E-state index in [1.165, 1.54) is 12.5 Å². The number of halogens is 1. The van der Waals surface area contributed by atoms with E-state index in [9.17, 15) is 14.9 Å². The number of Topliss-reactive ketones (excluding diaryl/α,β-unsaturated/α-hetero) is 1. The van der Waals surface area contributed by atoms with Crippen molar-refractivity contribution < 1.29 is 18.7 Å². The van der Waals surface area contributed by atoms with Gasteiger partial charge in [-0.25, -0.2) is 0 Å². The van der Waals surface area contributed by atoms with Crippen molar-refractivity contribution in [2.75, 3.05) is 11.9 Å². The van der Waals surface area contributed by atoms with Crippen LogP contribution >= 0.6 is 15.9 Å². The third kappa shape index (κ3) is 5.20. The normalized spacial score (nSPS) is 10.3. The standard InChI is InChI=1S/C20H21BrN2O4/c1-4-14-7-8-17(16(21)10-14)26-9-5-6-18(25)23-20-15(11-22)19(12(2)24)13(3)27-20/h7-8,10H,4-6,9H2,1-3H3,(H,23,25). The van der Waals surface area contributed by atoms with Gasteiger partial charge in [-0.1, -0.05) is 13.0 Å². The van der Waals surface area contributed by atoms with Gasteiger partial charge in [0, 0.05) is 6.42 Å². The Labute approximate surface area is 166 Å². The Morgan fingerprint density at radius 1 is 1.37 bits per heavy atom. The second-order valence-corrected chi connectivity index (χ2v) is 6.88. The minimum Gasteiger partial charge on any atom is -0.492 e. The minimum atomic E-state index is -0.306. The highest BCUT2D eigenvalue weighted by Crippen LogP contribution is 2.28. The smallest absolute Gasteiger partial charge is 0.226 e. The Morgan fingerprint density at radius 3 is 2.70 bits per heavy atom. The summed E-state index contributed by atoms with van der Waals surface area (Å²) in [6.45, 7) is 5.40. The molecule has 0 fully saturated rings. The summed E-state index contributed by atoms with van der Waals surface area (Å²) in [5.74, 6) is 0.481. The number of amides is 1. The molecule has 2 aromatic rings. The Kier molecular flexibility index (Phi) is 7.19. The number of carbonyl (C=O) groups is 2. The fraction of sp³-hybridized carbons (Fsp3) is 0.350. The van der Waals surface area contributed by atoms with Crippen molar-refractivity contribution in [3.63, 3.8) is 0 Å². The van der Waals surface area contributed by atoms with Crippen LogP contribution in [0, 0.1) is 18.3 Å². The van der Waals surface area contributed by atoms with E-state index in [2.05, 4.69) is 28.2 Å². The van der Waals surface area contributed by atoms with Gasteiger partial charge >= 0.3 is 0 Å². The van der Waals surface area contributed by atoms with Gasteiger partial charge in [-0.3, -0.25) is 14.9 Å². The lowest BCUT2D eigenvalue weighted by molar-refractivity contribution is -0.116. The number of carbonyl (C=O) groups excluding carboxylic acids is 2. The zero-order chi connectivity index (χ0) is 20.0. The number of hydrogen-bond donors (Lipinski definition) is 1. The van der Waals surface area contributed by atoms with Crippen molar-refractivity contribution >= 4 is 33.5 Å². The second-order valence-electron chi connectivity index (χ2n) is 6.02. The summed E-state index contributed by atoms with van der Waals surface area (Å²) in [7, 11) is 0. The van der Waals surface area contributed by atoms with Gasteiger partial charge in [0.1, 0.15) is 23.1 Å². The molecule has 0 bridgehead atoms. The Balaban J connectivity index is 1.88. The fourth-order valence-electron chi connectivity index (χ4n) is 2.65. The van der Waals surface area contributed by atoms with E-state index in [0.717, 1.165) is 16.6 Å². The Morgan fingerprint density at radius 2 is 2.11 bits per heavy atom. The molecule has 0 saturated carbocycles. The predicted molar refractivity (Wildman–Crippen MR) is 105 cm³/mol. The lowest BCUT2D eigenvalue weighted by Crippen LogP contribution is -2.13. The number of anilines is 1. The van der Waals surface area contributed by atoms with E-state index in [-0.39, 0.29) is 35.1 Å². The van der Waals surface area contributed by atoms with Crippen LogP contribution in [-0.2, 0) is 11.2 Å². The first-order valence-corrected chi connectivity index (χ1v) is 9.42. The minimum absolute atomic E-state index is 0.0176. The predicted octanol–water partition coefficient (Wildman–Crippen LogP) is 4.78. The number of aryl methyl sites for hydroxylation is 2. The number of ether oxygens (including phenoxy) is 1. The number of nitriles is 1. The van der Waals surface area contributed by atoms with Crippen LogP contribution in [0.1, 0.15) is 53.9 Å². The second kappa shape index (κ2) is 9.38. The number of nitrogens with zero attached hydrogens (tertiary/aromatic N) is 1. The first-order valence-electron chi connectivity index (χ1n) is 8.62. The molecule has 0 radical (unpaired) electrons. The van der Waals surface area contributed by atoms with Crippen molar-refractivity contribution in [1.29, 1.82) is 5.26 Å². The van der Waals surface area contributed by atoms with Gasteiger partial charge < -0.3 is 9.15 Å². The summed E-state index contributed by atoms with van der Waals surface area (Å²) in [4.78, 5) is 23.7. The van der Waals surface area contributed by atoms with Crippen molar-refractivity contribution in [2.45, 2.75) is 40.0 Å². The highest BCUT2D eigenvalue weighted by atomic mass is 79.9. The number of ketones is 1. The van der Waals surface area contributed by atoms with Crippen LogP contribution in [0.2, 0.25) is 0 Å². The molecule has 0 spiro atoms. The molecule has 0 aliphatic rings. The van der Waals surface area contributed by atoms with Crippen molar-refractivity contribution in [3.05, 3.63) is 45.1 Å². The molecular formula is C20H21BrN2O4. The first kappa shape index (κ1) is 20.7. The van der Waals surface area contributed by atoms with Crippen LogP contribution < -0.4 is 10.1 Å². The van der Waals surface area contributed by atoms with Gasteiger partial charge in [0.15, 0.2) is 5.78 Å². The molecular weight excluding hydrogens is 412 g/mol. The Bertz CT molecular complexity index is 896. The molecule has 6 nitrogen and oxygen atoms in total. The molecule has 1 aromatic heterocycles. The van der Waals surface area contributed by atoms with Crippen LogP contribution in [0.3, 0.4) is 0 Å². The molecule has 0 unspecified atom stereocenters. The molecule has 0 aliphatic heterocycles. The zero-order valence-electron chi connectivity index (χ0n) is 15.5. The molecule has 1 N–H and O–H groups in total. The maximum absolute atomic E-state index is 12.1. The van der Waals surface area contributed by atoms with Crippen LogP contribution in [0.5, 0.6) is 5.75 Å². The molecule has 2 rings (SSSR count). The van der Waals surface area contributed by atoms with Crippen molar-refractivity contribution in [1.82, 2.24) is 0 Å². The van der Waals surface area contributed by atoms with E-state index in [4.69, 9.17) is 9.15 Å². The summed E-state index contributed by atoms with van der Waals surface area (Å²) in [5.41, 5.74) is 1.47. The lowest BCUT2D eigenvalue weighted by atomic mass is 10.1. The SMILES string of the molecule is CCc1ccc(OCCCC(=O)Nc2oc(C)c(C(C)=O)c2C#N)c(Br)c1. The third-order valence-electron chi connectivity index (χ3n) is 4.01. The maximum Gasteiger partial charge on any atom is 0.226 e. The summed E-state index contributed by atoms with van der Waals surface area (Å²) in [5, 5.41) is 11.8. The largest absolute Gasteiger partial charge is 0.492 e. The average molecular weight is 433 g/mol. The average Bonchev–Trinajstić information content (AvgIpc) is 2.94. The molecule has 0 saturated heterocycles. The summed E-state index contributed by atoms with van der Waals surface area (Å²) < 4.78 is 11.9. The van der Waals surface area contributed by atoms with Crippen molar-refractivity contribution in [3.8, 4) is 11.8 Å². The number of hydrogen-bond acceptors (Lipinski definition) is 5. The summed E-state index contributed by atoms with van der Waals surface area (Å²) >= 11 is 3.47. The van der Waals surface area contributed by atoms with Crippen LogP contribution in [0.15, 0.2) is 27.1 Å². The van der Waals surface area contributed by atoms with E-state index < -0.39 is 0 Å². The van der Waals surface area contributed by atoms with Crippen LogP contribution in [-0.4, -0.2) is 18.3 Å². The molecule has 0 aliphatic carbocycles. The van der Waals surface area contributed by atoms with Crippen LogP contribution in [0.25, 0.3) is 0 Å². The van der Waals surface area contributed by atoms with E-state index >= 15 is 0 Å². The highest BCUT2D eigenvalue weighted by Gasteiger charge is 2.22.